The van der Waals surface area contributed by atoms with Gasteiger partial charge in [0.25, 0.3) is 5.91 Å². The first kappa shape index (κ1) is 15.1. The van der Waals surface area contributed by atoms with E-state index >= 15 is 0 Å². The SMILES string of the molecule is CCn1cc(Br)cc1C(=O)N1CCC[C@H](C(=O)O)[C@@H]1C. The lowest BCUT2D eigenvalue weighted by Crippen LogP contribution is -2.49. The third-order valence-corrected chi connectivity index (χ3v) is 4.42. The molecule has 110 valence electrons. The van der Waals surface area contributed by atoms with Gasteiger partial charge in [-0.05, 0) is 48.7 Å². The van der Waals surface area contributed by atoms with Crippen LogP contribution in [0.4, 0.5) is 0 Å². The van der Waals surface area contributed by atoms with Crippen molar-refractivity contribution in [3.8, 4) is 0 Å². The highest BCUT2D eigenvalue weighted by Gasteiger charge is 2.36. The molecule has 1 aromatic heterocycles. The number of amides is 1. The number of aromatic nitrogens is 1. The fourth-order valence-electron chi connectivity index (χ4n) is 2.82. The second-order valence-corrected chi connectivity index (χ2v) is 6.07. The summed E-state index contributed by atoms with van der Waals surface area (Å²) in [5.74, 6) is -1.38. The maximum Gasteiger partial charge on any atom is 0.308 e. The highest BCUT2D eigenvalue weighted by atomic mass is 79.9. The largest absolute Gasteiger partial charge is 0.481 e. The van der Waals surface area contributed by atoms with E-state index < -0.39 is 11.9 Å². The Labute approximate surface area is 126 Å². The molecule has 2 rings (SSSR count). The van der Waals surface area contributed by atoms with Gasteiger partial charge in [-0.25, -0.2) is 0 Å². The van der Waals surface area contributed by atoms with Gasteiger partial charge in [0.2, 0.25) is 0 Å². The lowest BCUT2D eigenvalue weighted by Gasteiger charge is -2.37. The average Bonchev–Trinajstić information content (AvgIpc) is 2.79. The van der Waals surface area contributed by atoms with E-state index in [0.29, 0.717) is 25.2 Å². The maximum absolute atomic E-state index is 12.7. The second kappa shape index (κ2) is 5.99. The third kappa shape index (κ3) is 2.75. The first-order valence-electron chi connectivity index (χ1n) is 6.85. The Morgan fingerprint density at radius 2 is 2.20 bits per heavy atom. The summed E-state index contributed by atoms with van der Waals surface area (Å²) in [7, 11) is 0. The molecule has 0 aromatic carbocycles. The Balaban J connectivity index is 2.25. The Hall–Kier alpha value is -1.30. The van der Waals surface area contributed by atoms with Crippen LogP contribution < -0.4 is 0 Å². The number of carbonyl (C=O) groups is 2. The van der Waals surface area contributed by atoms with E-state index in [-0.39, 0.29) is 11.9 Å². The number of carbonyl (C=O) groups excluding carboxylic acids is 1. The zero-order chi connectivity index (χ0) is 14.9. The highest BCUT2D eigenvalue weighted by Crippen LogP contribution is 2.26. The molecule has 20 heavy (non-hydrogen) atoms. The summed E-state index contributed by atoms with van der Waals surface area (Å²) in [6.07, 6.45) is 3.25. The zero-order valence-electron chi connectivity index (χ0n) is 11.7. The fraction of sp³-hybridized carbons (Fsp3) is 0.571. The van der Waals surface area contributed by atoms with E-state index in [4.69, 9.17) is 0 Å². The molecule has 2 atom stereocenters. The van der Waals surface area contributed by atoms with Crippen LogP contribution in [-0.4, -0.2) is 39.0 Å². The number of hydrogen-bond acceptors (Lipinski definition) is 2. The van der Waals surface area contributed by atoms with E-state index in [0.717, 1.165) is 10.9 Å². The fourth-order valence-corrected chi connectivity index (χ4v) is 3.29. The smallest absolute Gasteiger partial charge is 0.308 e. The Bertz CT molecular complexity index is 526. The Morgan fingerprint density at radius 1 is 1.50 bits per heavy atom. The number of aliphatic carboxylic acids is 1. The van der Waals surface area contributed by atoms with Gasteiger partial charge in [0.15, 0.2) is 0 Å². The summed E-state index contributed by atoms with van der Waals surface area (Å²) in [5.41, 5.74) is 0.609. The van der Waals surface area contributed by atoms with Crippen molar-refractivity contribution in [2.24, 2.45) is 5.92 Å². The van der Waals surface area contributed by atoms with Crippen LogP contribution in [-0.2, 0) is 11.3 Å². The highest BCUT2D eigenvalue weighted by molar-refractivity contribution is 9.10. The molecule has 0 saturated carbocycles. The van der Waals surface area contributed by atoms with Crippen molar-refractivity contribution in [3.63, 3.8) is 0 Å². The normalized spacial score (nSPS) is 22.9. The molecule has 0 aliphatic carbocycles. The average molecular weight is 343 g/mol. The van der Waals surface area contributed by atoms with Crippen LogP contribution in [0.1, 0.15) is 37.2 Å². The van der Waals surface area contributed by atoms with Crippen molar-refractivity contribution in [1.82, 2.24) is 9.47 Å². The molecule has 1 aromatic rings. The minimum Gasteiger partial charge on any atom is -0.481 e. The predicted octanol–water partition coefficient (Wildman–Crippen LogP) is 2.60. The summed E-state index contributed by atoms with van der Waals surface area (Å²) in [6, 6.07) is 1.52. The van der Waals surface area contributed by atoms with E-state index in [1.807, 2.05) is 24.6 Å². The van der Waals surface area contributed by atoms with Gasteiger partial charge in [-0.1, -0.05) is 0 Å². The van der Waals surface area contributed by atoms with Crippen LogP contribution in [0.15, 0.2) is 16.7 Å². The number of aryl methyl sites for hydroxylation is 1. The number of piperidine rings is 1. The van der Waals surface area contributed by atoms with Crippen molar-refractivity contribution >= 4 is 27.8 Å². The van der Waals surface area contributed by atoms with E-state index in [1.165, 1.54) is 0 Å². The number of halogens is 1. The number of carboxylic acids is 1. The van der Waals surface area contributed by atoms with Crippen molar-refractivity contribution < 1.29 is 14.7 Å². The van der Waals surface area contributed by atoms with Crippen molar-refractivity contribution in [2.45, 2.75) is 39.3 Å². The molecule has 1 N–H and O–H groups in total. The molecule has 1 aliphatic rings. The molecule has 6 heteroatoms. The van der Waals surface area contributed by atoms with Gasteiger partial charge in [0.1, 0.15) is 5.69 Å². The summed E-state index contributed by atoms with van der Waals surface area (Å²) in [6.45, 7) is 5.13. The first-order chi connectivity index (χ1) is 9.45. The second-order valence-electron chi connectivity index (χ2n) is 5.16. The zero-order valence-corrected chi connectivity index (χ0v) is 13.3. The van der Waals surface area contributed by atoms with Crippen LogP contribution in [0.5, 0.6) is 0 Å². The van der Waals surface area contributed by atoms with Gasteiger partial charge in [0, 0.05) is 29.8 Å². The molecule has 0 radical (unpaired) electrons. The lowest BCUT2D eigenvalue weighted by atomic mass is 9.90. The molecule has 2 heterocycles. The molecule has 1 amide bonds. The monoisotopic (exact) mass is 342 g/mol. The predicted molar refractivity (Wildman–Crippen MR) is 78.7 cm³/mol. The van der Waals surface area contributed by atoms with Crippen LogP contribution in [0, 0.1) is 5.92 Å². The van der Waals surface area contributed by atoms with Crippen LogP contribution >= 0.6 is 15.9 Å². The number of likely N-dealkylation sites (tertiary alicyclic amines) is 1. The Kier molecular flexibility index (Phi) is 4.52. The summed E-state index contributed by atoms with van der Waals surface area (Å²) >= 11 is 3.38. The van der Waals surface area contributed by atoms with Crippen molar-refractivity contribution in [3.05, 3.63) is 22.4 Å². The number of hydrogen-bond donors (Lipinski definition) is 1. The van der Waals surface area contributed by atoms with E-state index in [9.17, 15) is 14.7 Å². The topological polar surface area (TPSA) is 62.5 Å². The molecule has 0 unspecified atom stereocenters. The van der Waals surface area contributed by atoms with Gasteiger partial charge in [-0.3, -0.25) is 9.59 Å². The van der Waals surface area contributed by atoms with E-state index in [1.54, 1.807) is 11.0 Å². The van der Waals surface area contributed by atoms with Crippen molar-refractivity contribution in [1.29, 1.82) is 0 Å². The summed E-state index contributed by atoms with van der Waals surface area (Å²) < 4.78 is 2.74. The molecule has 0 spiro atoms. The quantitative estimate of drug-likeness (QED) is 0.918. The van der Waals surface area contributed by atoms with Gasteiger partial charge in [0.05, 0.1) is 5.92 Å². The minimum atomic E-state index is -0.818. The van der Waals surface area contributed by atoms with Gasteiger partial charge >= 0.3 is 5.97 Å². The molecule has 1 aliphatic heterocycles. The molecular weight excluding hydrogens is 324 g/mol. The molecular formula is C14H19BrN2O3. The lowest BCUT2D eigenvalue weighted by molar-refractivity contribution is -0.144. The molecule has 1 saturated heterocycles. The van der Waals surface area contributed by atoms with Gasteiger partial charge in [-0.2, -0.15) is 0 Å². The van der Waals surface area contributed by atoms with Gasteiger partial charge < -0.3 is 14.6 Å². The number of carboxylic acid groups (broad SMARTS) is 1. The first-order valence-corrected chi connectivity index (χ1v) is 7.64. The summed E-state index contributed by atoms with van der Waals surface area (Å²) in [5, 5.41) is 9.23. The standard InChI is InChI=1S/C14H19BrN2O3/c1-3-16-8-10(15)7-12(16)13(18)17-6-4-5-11(9(17)2)14(19)20/h7-9,11H,3-6H2,1-2H3,(H,19,20)/t9-,11-/m0/s1. The number of nitrogens with zero attached hydrogens (tertiary/aromatic N) is 2. The van der Waals surface area contributed by atoms with Gasteiger partial charge in [-0.15, -0.1) is 0 Å². The Morgan fingerprint density at radius 3 is 2.80 bits per heavy atom. The third-order valence-electron chi connectivity index (χ3n) is 3.99. The summed E-state index contributed by atoms with van der Waals surface area (Å²) in [4.78, 5) is 25.6. The molecule has 5 nitrogen and oxygen atoms in total. The van der Waals surface area contributed by atoms with Crippen LogP contribution in [0.3, 0.4) is 0 Å². The van der Waals surface area contributed by atoms with Crippen LogP contribution in [0.25, 0.3) is 0 Å². The molecule has 0 bridgehead atoms. The van der Waals surface area contributed by atoms with Crippen molar-refractivity contribution in [2.75, 3.05) is 6.54 Å². The van der Waals surface area contributed by atoms with E-state index in [2.05, 4.69) is 15.9 Å². The minimum absolute atomic E-state index is 0.0870. The van der Waals surface area contributed by atoms with Crippen LogP contribution in [0.2, 0.25) is 0 Å². The number of rotatable bonds is 3. The maximum atomic E-state index is 12.7. The molecule has 1 fully saturated rings.